The molecule has 184 valence electrons. The Morgan fingerprint density at radius 1 is 1.06 bits per heavy atom. The van der Waals surface area contributed by atoms with Crippen molar-refractivity contribution in [1.82, 2.24) is 5.43 Å². The van der Waals surface area contributed by atoms with Crippen molar-refractivity contribution in [3.63, 3.8) is 0 Å². The van der Waals surface area contributed by atoms with Gasteiger partial charge in [-0.15, -0.1) is 0 Å². The van der Waals surface area contributed by atoms with Gasteiger partial charge in [0.05, 0.1) is 23.4 Å². The molecular weight excluding hydrogens is 486 g/mol. The van der Waals surface area contributed by atoms with Crippen LogP contribution in [0.1, 0.15) is 37.8 Å². The zero-order valence-electron chi connectivity index (χ0n) is 19.8. The topological polar surface area (TPSA) is 88.1 Å². The Bertz CT molecular complexity index is 1270. The van der Waals surface area contributed by atoms with Crippen LogP contribution in [0, 0.1) is 0 Å². The molecule has 9 heteroatoms. The van der Waals surface area contributed by atoms with Gasteiger partial charge in [-0.1, -0.05) is 61.8 Å². The summed E-state index contributed by atoms with van der Waals surface area (Å²) in [5.74, 6) is 0.145. The van der Waals surface area contributed by atoms with E-state index in [1.807, 2.05) is 24.3 Å². The molecule has 0 unspecified atom stereocenters. The molecule has 0 bridgehead atoms. The number of hydrogen-bond acceptors (Lipinski definition) is 5. The summed E-state index contributed by atoms with van der Waals surface area (Å²) in [5, 5.41) is 4.39. The first kappa shape index (κ1) is 26.2. The van der Waals surface area contributed by atoms with Crippen LogP contribution in [0.4, 0.5) is 5.69 Å². The van der Waals surface area contributed by atoms with Crippen molar-refractivity contribution in [2.75, 3.05) is 17.5 Å². The maximum absolute atomic E-state index is 13.5. The monoisotopic (exact) mass is 513 g/mol. The van der Waals surface area contributed by atoms with Gasteiger partial charge in [0.1, 0.15) is 12.3 Å². The fraction of sp³-hybridized carbons (Fsp3) is 0.231. The number of para-hydroxylation sites is 2. The second kappa shape index (κ2) is 11.9. The van der Waals surface area contributed by atoms with Crippen molar-refractivity contribution in [1.29, 1.82) is 0 Å². The van der Waals surface area contributed by atoms with Crippen LogP contribution in [0.25, 0.3) is 0 Å². The van der Waals surface area contributed by atoms with Gasteiger partial charge in [-0.3, -0.25) is 9.10 Å². The standard InChI is InChI=1S/C26H28ClN3O4S/c1-4-34-25-8-6-5-7-24(25)30(35(32,33)23-15-13-22(27)14-16-23)18-26(31)29-28-17-20-9-11-21(12-10-20)19(2)3/h5-17,19H,4,18H2,1-3H3,(H,29,31)/b28-17-. The van der Waals surface area contributed by atoms with E-state index in [1.165, 1.54) is 36.0 Å². The number of carbonyl (C=O) groups excluding carboxylic acids is 1. The summed E-state index contributed by atoms with van der Waals surface area (Å²) < 4.78 is 33.7. The average molecular weight is 514 g/mol. The highest BCUT2D eigenvalue weighted by Gasteiger charge is 2.29. The van der Waals surface area contributed by atoms with Crippen molar-refractivity contribution in [2.45, 2.75) is 31.6 Å². The summed E-state index contributed by atoms with van der Waals surface area (Å²) in [6.45, 7) is 5.84. The Kier molecular flexibility index (Phi) is 8.89. The third-order valence-corrected chi connectivity index (χ3v) is 7.15. The van der Waals surface area contributed by atoms with Crippen molar-refractivity contribution >= 4 is 39.4 Å². The third kappa shape index (κ3) is 6.83. The molecule has 3 rings (SSSR count). The molecule has 0 aliphatic heterocycles. The van der Waals surface area contributed by atoms with Gasteiger partial charge in [0.2, 0.25) is 0 Å². The first-order valence-electron chi connectivity index (χ1n) is 11.1. The zero-order valence-corrected chi connectivity index (χ0v) is 21.4. The fourth-order valence-electron chi connectivity index (χ4n) is 3.29. The molecule has 0 radical (unpaired) electrons. The minimum atomic E-state index is -4.11. The molecular formula is C26H28ClN3O4S. The van der Waals surface area contributed by atoms with Crippen molar-refractivity contribution in [3.05, 3.63) is 88.9 Å². The maximum atomic E-state index is 13.5. The number of hydrazone groups is 1. The second-order valence-electron chi connectivity index (χ2n) is 7.98. The SMILES string of the molecule is CCOc1ccccc1N(CC(=O)N/N=C\c1ccc(C(C)C)cc1)S(=O)(=O)c1ccc(Cl)cc1. The van der Waals surface area contributed by atoms with Gasteiger partial charge in [-0.05, 0) is 60.4 Å². The second-order valence-corrected chi connectivity index (χ2v) is 10.3. The predicted molar refractivity (Wildman–Crippen MR) is 140 cm³/mol. The van der Waals surface area contributed by atoms with Gasteiger partial charge in [0, 0.05) is 5.02 Å². The molecule has 1 amide bonds. The molecule has 1 N–H and O–H groups in total. The van der Waals surface area contributed by atoms with E-state index < -0.39 is 22.5 Å². The molecule has 3 aromatic carbocycles. The summed E-state index contributed by atoms with van der Waals surface area (Å²) in [6.07, 6.45) is 1.51. The van der Waals surface area contributed by atoms with E-state index in [0.717, 1.165) is 9.87 Å². The predicted octanol–water partition coefficient (Wildman–Crippen LogP) is 5.21. The Balaban J connectivity index is 1.85. The van der Waals surface area contributed by atoms with Gasteiger partial charge in [-0.25, -0.2) is 13.8 Å². The largest absolute Gasteiger partial charge is 0.492 e. The molecule has 0 fully saturated rings. The van der Waals surface area contributed by atoms with Gasteiger partial charge in [0.25, 0.3) is 15.9 Å². The van der Waals surface area contributed by atoms with Crippen LogP contribution in [-0.2, 0) is 14.8 Å². The smallest absolute Gasteiger partial charge is 0.264 e. The molecule has 0 heterocycles. The molecule has 7 nitrogen and oxygen atoms in total. The molecule has 3 aromatic rings. The molecule has 0 saturated heterocycles. The Hall–Kier alpha value is -3.36. The number of nitrogens with zero attached hydrogens (tertiary/aromatic N) is 2. The number of ether oxygens (including phenoxy) is 1. The molecule has 0 aliphatic rings. The Morgan fingerprint density at radius 2 is 1.71 bits per heavy atom. The highest BCUT2D eigenvalue weighted by atomic mass is 35.5. The molecule has 0 atom stereocenters. The number of halogens is 1. The van der Waals surface area contributed by atoms with Crippen LogP contribution in [-0.4, -0.2) is 33.7 Å². The summed E-state index contributed by atoms with van der Waals surface area (Å²) in [7, 11) is -4.11. The van der Waals surface area contributed by atoms with E-state index in [1.54, 1.807) is 31.2 Å². The number of carbonyl (C=O) groups is 1. The third-order valence-electron chi connectivity index (χ3n) is 5.13. The van der Waals surface area contributed by atoms with Crippen LogP contribution in [0.15, 0.2) is 82.8 Å². The minimum Gasteiger partial charge on any atom is -0.492 e. The van der Waals surface area contributed by atoms with E-state index in [9.17, 15) is 13.2 Å². The number of sulfonamides is 1. The van der Waals surface area contributed by atoms with E-state index in [2.05, 4.69) is 24.4 Å². The quantitative estimate of drug-likeness (QED) is 0.298. The minimum absolute atomic E-state index is 0.00487. The van der Waals surface area contributed by atoms with Crippen LogP contribution >= 0.6 is 11.6 Å². The van der Waals surface area contributed by atoms with E-state index in [4.69, 9.17) is 16.3 Å². The first-order valence-corrected chi connectivity index (χ1v) is 13.0. The number of hydrogen-bond donors (Lipinski definition) is 1. The Labute approximate surface area is 211 Å². The van der Waals surface area contributed by atoms with E-state index in [0.29, 0.717) is 23.3 Å². The molecule has 0 spiro atoms. The lowest BCUT2D eigenvalue weighted by Crippen LogP contribution is -2.39. The average Bonchev–Trinajstić information content (AvgIpc) is 2.84. The van der Waals surface area contributed by atoms with Crippen LogP contribution in [0.3, 0.4) is 0 Å². The van der Waals surface area contributed by atoms with E-state index in [-0.39, 0.29) is 10.6 Å². The number of benzene rings is 3. The maximum Gasteiger partial charge on any atom is 0.264 e. The van der Waals surface area contributed by atoms with Crippen molar-refractivity contribution < 1.29 is 17.9 Å². The lowest BCUT2D eigenvalue weighted by Gasteiger charge is -2.25. The normalized spacial score (nSPS) is 11.6. The molecule has 0 saturated carbocycles. The Morgan fingerprint density at radius 3 is 2.34 bits per heavy atom. The number of anilines is 1. The van der Waals surface area contributed by atoms with Gasteiger partial charge in [-0.2, -0.15) is 5.10 Å². The van der Waals surface area contributed by atoms with Gasteiger partial charge in [0.15, 0.2) is 0 Å². The first-order chi connectivity index (χ1) is 16.7. The number of nitrogens with one attached hydrogen (secondary N) is 1. The lowest BCUT2D eigenvalue weighted by molar-refractivity contribution is -0.119. The highest BCUT2D eigenvalue weighted by molar-refractivity contribution is 7.92. The van der Waals surface area contributed by atoms with Gasteiger partial charge >= 0.3 is 0 Å². The van der Waals surface area contributed by atoms with Gasteiger partial charge < -0.3 is 4.74 Å². The van der Waals surface area contributed by atoms with Crippen molar-refractivity contribution in [3.8, 4) is 5.75 Å². The summed E-state index contributed by atoms with van der Waals surface area (Å²) in [6, 6.07) is 20.2. The van der Waals surface area contributed by atoms with Crippen molar-refractivity contribution in [2.24, 2.45) is 5.10 Å². The number of rotatable bonds is 10. The summed E-state index contributed by atoms with van der Waals surface area (Å²) in [5.41, 5.74) is 4.66. The van der Waals surface area contributed by atoms with Crippen LogP contribution in [0.5, 0.6) is 5.75 Å². The summed E-state index contributed by atoms with van der Waals surface area (Å²) >= 11 is 5.93. The summed E-state index contributed by atoms with van der Waals surface area (Å²) in [4.78, 5) is 12.8. The van der Waals surface area contributed by atoms with E-state index >= 15 is 0 Å². The lowest BCUT2D eigenvalue weighted by atomic mass is 10.0. The number of amides is 1. The van der Waals surface area contributed by atoms with Crippen LogP contribution < -0.4 is 14.5 Å². The van der Waals surface area contributed by atoms with Crippen LogP contribution in [0.2, 0.25) is 5.02 Å². The zero-order chi connectivity index (χ0) is 25.4. The molecule has 0 aliphatic carbocycles. The fourth-order valence-corrected chi connectivity index (χ4v) is 4.84. The highest BCUT2D eigenvalue weighted by Crippen LogP contribution is 2.32. The molecule has 35 heavy (non-hydrogen) atoms. The molecule has 0 aromatic heterocycles.